The summed E-state index contributed by atoms with van der Waals surface area (Å²) in [4.78, 5) is 2.12. The number of hydrogen-bond donors (Lipinski definition) is 1. The van der Waals surface area contributed by atoms with Gasteiger partial charge in [-0.3, -0.25) is 4.57 Å². The summed E-state index contributed by atoms with van der Waals surface area (Å²) in [5, 5.41) is 9.16. The Morgan fingerprint density at radius 1 is 1.31 bits per heavy atom. The Morgan fingerprint density at radius 3 is 2.69 bits per heavy atom. The Balaban J connectivity index is 1.76. The van der Waals surface area contributed by atoms with E-state index < -0.39 is 16.1 Å². The number of nitrogens with one attached hydrogen (secondary N) is 1. The second-order valence-corrected chi connectivity index (χ2v) is 8.68. The molecule has 1 aliphatic heterocycles. The first-order valence-corrected chi connectivity index (χ1v) is 10.6. The Hall–Kier alpha value is -1.90. The smallest absolute Gasteiger partial charge is 0.227 e. The van der Waals surface area contributed by atoms with Gasteiger partial charge in [0.25, 0.3) is 0 Å². The summed E-state index contributed by atoms with van der Waals surface area (Å²) >= 11 is 6.08. The first-order chi connectivity index (χ1) is 12.2. The molecule has 1 aromatic heterocycles. The van der Waals surface area contributed by atoms with Crippen LogP contribution in [0.2, 0.25) is 5.02 Å². The van der Waals surface area contributed by atoms with E-state index in [1.807, 2.05) is 29.8 Å². The van der Waals surface area contributed by atoms with Gasteiger partial charge in [0.2, 0.25) is 16.0 Å². The molecule has 0 aliphatic carbocycles. The highest BCUT2D eigenvalue weighted by Gasteiger charge is 2.22. The van der Waals surface area contributed by atoms with Crippen molar-refractivity contribution in [1.82, 2.24) is 19.5 Å². The highest BCUT2D eigenvalue weighted by Crippen LogP contribution is 2.27. The number of hydrogen-bond acceptors (Lipinski definition) is 5. The van der Waals surface area contributed by atoms with Crippen LogP contribution >= 0.6 is 11.6 Å². The van der Waals surface area contributed by atoms with Crippen LogP contribution in [0.1, 0.15) is 30.8 Å². The van der Waals surface area contributed by atoms with Gasteiger partial charge in [-0.05, 0) is 36.6 Å². The van der Waals surface area contributed by atoms with Crippen molar-refractivity contribution in [1.29, 1.82) is 0 Å². The molecule has 9 heteroatoms. The van der Waals surface area contributed by atoms with Crippen LogP contribution in [-0.4, -0.2) is 42.5 Å². The molecule has 3 rings (SSSR count). The minimum atomic E-state index is -3.31. The van der Waals surface area contributed by atoms with E-state index in [1.54, 1.807) is 6.92 Å². The Kier molecular flexibility index (Phi) is 5.36. The van der Waals surface area contributed by atoms with Gasteiger partial charge in [0.1, 0.15) is 0 Å². The zero-order valence-electron chi connectivity index (χ0n) is 15.0. The third-order valence-electron chi connectivity index (χ3n) is 4.35. The molecule has 0 spiro atoms. The Morgan fingerprint density at radius 2 is 2.08 bits per heavy atom. The van der Waals surface area contributed by atoms with Gasteiger partial charge in [0.15, 0.2) is 5.82 Å². The fourth-order valence-corrected chi connectivity index (χ4v) is 4.10. The number of nitrogens with zero attached hydrogens (tertiary/aromatic N) is 4. The first kappa shape index (κ1) is 18.9. The normalized spacial score (nSPS) is 16.5. The van der Waals surface area contributed by atoms with Crippen LogP contribution in [-0.2, 0) is 17.1 Å². The fraction of sp³-hybridized carbons (Fsp3) is 0.412. The van der Waals surface area contributed by atoms with E-state index in [0.717, 1.165) is 35.8 Å². The van der Waals surface area contributed by atoms with Gasteiger partial charge in [-0.15, -0.1) is 10.2 Å². The molecule has 0 saturated carbocycles. The SMILES string of the molecule is CC(NS(C)(=O)=O)c1nnc(N2CC=C(c3cccc(Cl)c3)CC2)n1C. The zero-order valence-corrected chi connectivity index (χ0v) is 16.5. The second kappa shape index (κ2) is 7.38. The lowest BCUT2D eigenvalue weighted by atomic mass is 10.00. The van der Waals surface area contributed by atoms with Crippen molar-refractivity contribution in [2.45, 2.75) is 19.4 Å². The average molecular weight is 396 g/mol. The minimum Gasteiger partial charge on any atom is -0.337 e. The minimum absolute atomic E-state index is 0.446. The molecule has 1 aromatic carbocycles. The van der Waals surface area contributed by atoms with E-state index in [9.17, 15) is 8.42 Å². The first-order valence-electron chi connectivity index (χ1n) is 8.31. The Labute approximate surface area is 158 Å². The summed E-state index contributed by atoms with van der Waals surface area (Å²) in [5.74, 6) is 1.30. The lowest BCUT2D eigenvalue weighted by molar-refractivity contribution is 0.558. The number of rotatable bonds is 5. The van der Waals surface area contributed by atoms with Crippen LogP contribution in [0.25, 0.3) is 5.57 Å². The summed E-state index contributed by atoms with van der Waals surface area (Å²) in [7, 11) is -1.46. The van der Waals surface area contributed by atoms with Crippen LogP contribution in [0.15, 0.2) is 30.3 Å². The lowest BCUT2D eigenvalue weighted by Crippen LogP contribution is -2.31. The standard InChI is InChI=1S/C17H22ClN5O2S/c1-12(21-26(3,24)25)16-19-20-17(22(16)2)23-9-7-13(8-10-23)14-5-4-6-15(18)11-14/h4-7,11-12,21H,8-10H2,1-3H3. The molecule has 1 N–H and O–H groups in total. The average Bonchev–Trinajstić information content (AvgIpc) is 2.95. The van der Waals surface area contributed by atoms with Gasteiger partial charge in [0, 0.05) is 25.2 Å². The maximum Gasteiger partial charge on any atom is 0.227 e. The molecule has 0 bridgehead atoms. The van der Waals surface area contributed by atoms with Crippen molar-refractivity contribution in [3.63, 3.8) is 0 Å². The second-order valence-electron chi connectivity index (χ2n) is 6.46. The summed E-state index contributed by atoms with van der Waals surface area (Å²) in [6.07, 6.45) is 4.18. The van der Waals surface area contributed by atoms with Crippen LogP contribution in [0.3, 0.4) is 0 Å². The van der Waals surface area contributed by atoms with Crippen molar-refractivity contribution in [2.75, 3.05) is 24.2 Å². The van der Waals surface area contributed by atoms with Gasteiger partial charge in [-0.1, -0.05) is 29.8 Å². The van der Waals surface area contributed by atoms with Crippen LogP contribution in [0.4, 0.5) is 5.95 Å². The van der Waals surface area contributed by atoms with E-state index >= 15 is 0 Å². The molecular weight excluding hydrogens is 374 g/mol. The number of sulfonamides is 1. The maximum absolute atomic E-state index is 11.4. The summed E-state index contributed by atoms with van der Waals surface area (Å²) in [6, 6.07) is 7.41. The largest absolute Gasteiger partial charge is 0.337 e. The molecule has 2 aromatic rings. The monoisotopic (exact) mass is 395 g/mol. The number of halogens is 1. The van der Waals surface area contributed by atoms with Crippen LogP contribution < -0.4 is 9.62 Å². The molecule has 7 nitrogen and oxygen atoms in total. The maximum atomic E-state index is 11.4. The van der Waals surface area contributed by atoms with Gasteiger partial charge >= 0.3 is 0 Å². The lowest BCUT2D eigenvalue weighted by Gasteiger charge is -2.27. The highest BCUT2D eigenvalue weighted by molar-refractivity contribution is 7.88. The van der Waals surface area contributed by atoms with Gasteiger partial charge < -0.3 is 4.90 Å². The molecule has 0 fully saturated rings. The quantitative estimate of drug-likeness (QED) is 0.840. The van der Waals surface area contributed by atoms with Crippen molar-refractivity contribution < 1.29 is 8.42 Å². The summed E-state index contributed by atoms with van der Waals surface area (Å²) in [6.45, 7) is 3.27. The molecule has 2 heterocycles. The molecule has 26 heavy (non-hydrogen) atoms. The molecule has 0 amide bonds. The van der Waals surface area contributed by atoms with Crippen LogP contribution in [0, 0.1) is 0 Å². The fourth-order valence-electron chi connectivity index (χ4n) is 3.16. The third kappa shape index (κ3) is 4.25. The number of aromatic nitrogens is 3. The van der Waals surface area contributed by atoms with E-state index in [2.05, 4.69) is 32.0 Å². The van der Waals surface area contributed by atoms with Crippen LogP contribution in [0.5, 0.6) is 0 Å². The van der Waals surface area contributed by atoms with E-state index in [0.29, 0.717) is 12.4 Å². The van der Waals surface area contributed by atoms with Gasteiger partial charge in [-0.2, -0.15) is 0 Å². The molecule has 1 atom stereocenters. The van der Waals surface area contributed by atoms with Crippen molar-refractivity contribution in [3.05, 3.63) is 46.8 Å². The molecule has 140 valence electrons. The molecule has 1 unspecified atom stereocenters. The van der Waals surface area contributed by atoms with Gasteiger partial charge in [-0.25, -0.2) is 13.1 Å². The highest BCUT2D eigenvalue weighted by atomic mass is 35.5. The third-order valence-corrected chi connectivity index (χ3v) is 5.37. The molecule has 0 radical (unpaired) electrons. The van der Waals surface area contributed by atoms with Gasteiger partial charge in [0.05, 0.1) is 12.3 Å². The van der Waals surface area contributed by atoms with Crippen molar-refractivity contribution in [3.8, 4) is 0 Å². The van der Waals surface area contributed by atoms with E-state index in [1.165, 1.54) is 5.57 Å². The predicted octanol–water partition coefficient (Wildman–Crippen LogP) is 2.37. The molecular formula is C17H22ClN5O2S. The predicted molar refractivity (Wildman–Crippen MR) is 104 cm³/mol. The zero-order chi connectivity index (χ0) is 18.9. The van der Waals surface area contributed by atoms with E-state index in [-0.39, 0.29) is 0 Å². The topological polar surface area (TPSA) is 80.1 Å². The Bertz CT molecular complexity index is 938. The van der Waals surface area contributed by atoms with Crippen molar-refractivity contribution in [2.24, 2.45) is 7.05 Å². The van der Waals surface area contributed by atoms with Crippen molar-refractivity contribution >= 4 is 33.1 Å². The number of benzene rings is 1. The van der Waals surface area contributed by atoms with E-state index in [4.69, 9.17) is 11.6 Å². The number of anilines is 1. The summed E-state index contributed by atoms with van der Waals surface area (Å²) < 4.78 is 27.2. The summed E-state index contributed by atoms with van der Waals surface area (Å²) in [5.41, 5.74) is 2.40. The molecule has 1 aliphatic rings. The molecule has 0 saturated heterocycles.